The van der Waals surface area contributed by atoms with Gasteiger partial charge in [-0.2, -0.15) is 5.26 Å². The molecule has 2 N–H and O–H groups in total. The van der Waals surface area contributed by atoms with Gasteiger partial charge in [-0.1, -0.05) is 45.0 Å². The molecule has 134 valence electrons. The zero-order chi connectivity index (χ0) is 19.3. The van der Waals surface area contributed by atoms with Crippen LogP contribution in [0.25, 0.3) is 0 Å². The van der Waals surface area contributed by atoms with Gasteiger partial charge in [0.25, 0.3) is 5.91 Å². The van der Waals surface area contributed by atoms with E-state index in [2.05, 4.69) is 26.1 Å². The molecule has 5 nitrogen and oxygen atoms in total. The number of carbonyl (C=O) groups is 2. The first kappa shape index (κ1) is 19.2. The summed E-state index contributed by atoms with van der Waals surface area (Å²) in [4.78, 5) is 23.9. The fraction of sp³-hybridized carbons (Fsp3) is 0.286. The van der Waals surface area contributed by atoms with Gasteiger partial charge in [0.2, 0.25) is 0 Å². The van der Waals surface area contributed by atoms with Crippen LogP contribution in [0, 0.1) is 11.3 Å². The van der Waals surface area contributed by atoms with Crippen LogP contribution < -0.4 is 5.32 Å². The van der Waals surface area contributed by atoms with Gasteiger partial charge in [-0.15, -0.1) is 0 Å². The van der Waals surface area contributed by atoms with E-state index < -0.39 is 17.9 Å². The Bertz CT molecular complexity index is 843. The van der Waals surface area contributed by atoms with Crippen molar-refractivity contribution in [3.8, 4) is 6.07 Å². The van der Waals surface area contributed by atoms with E-state index in [0.717, 1.165) is 5.56 Å². The largest absolute Gasteiger partial charge is 0.480 e. The molecule has 0 aliphatic heterocycles. The van der Waals surface area contributed by atoms with Crippen LogP contribution >= 0.6 is 0 Å². The number of amides is 1. The van der Waals surface area contributed by atoms with Crippen LogP contribution in [0.2, 0.25) is 0 Å². The number of benzene rings is 2. The predicted molar refractivity (Wildman–Crippen MR) is 98.9 cm³/mol. The molecular formula is C21H22N2O3. The Hall–Kier alpha value is -3.13. The predicted octanol–water partition coefficient (Wildman–Crippen LogP) is 3.28. The first-order valence-electron chi connectivity index (χ1n) is 8.34. The number of aliphatic carboxylic acids is 1. The van der Waals surface area contributed by atoms with Gasteiger partial charge in [0.15, 0.2) is 0 Å². The van der Waals surface area contributed by atoms with Crippen molar-refractivity contribution in [2.75, 3.05) is 0 Å². The molecule has 0 aromatic heterocycles. The van der Waals surface area contributed by atoms with Gasteiger partial charge in [-0.25, -0.2) is 4.79 Å². The number of hydrogen-bond acceptors (Lipinski definition) is 3. The second-order valence-corrected chi connectivity index (χ2v) is 7.21. The maximum atomic E-state index is 12.4. The maximum absolute atomic E-state index is 12.4. The van der Waals surface area contributed by atoms with E-state index in [-0.39, 0.29) is 11.8 Å². The topological polar surface area (TPSA) is 90.2 Å². The lowest BCUT2D eigenvalue weighted by Crippen LogP contribution is -2.42. The number of nitriles is 1. The van der Waals surface area contributed by atoms with Crippen molar-refractivity contribution in [2.24, 2.45) is 0 Å². The van der Waals surface area contributed by atoms with E-state index in [1.807, 2.05) is 18.2 Å². The molecule has 26 heavy (non-hydrogen) atoms. The summed E-state index contributed by atoms with van der Waals surface area (Å²) < 4.78 is 0. The average molecular weight is 350 g/mol. The van der Waals surface area contributed by atoms with Crippen LogP contribution in [0.3, 0.4) is 0 Å². The van der Waals surface area contributed by atoms with Crippen molar-refractivity contribution < 1.29 is 14.7 Å². The maximum Gasteiger partial charge on any atom is 0.326 e. The van der Waals surface area contributed by atoms with Crippen molar-refractivity contribution in [2.45, 2.75) is 38.6 Å². The molecule has 0 heterocycles. The summed E-state index contributed by atoms with van der Waals surface area (Å²) in [6.07, 6.45) is 0.108. The zero-order valence-corrected chi connectivity index (χ0v) is 15.1. The number of nitrogens with one attached hydrogen (secondary N) is 1. The molecule has 0 aliphatic carbocycles. The standard InChI is InChI=1S/C21H22N2O3/c1-21(2,3)17-9-7-16(8-10-17)19(24)23-18(20(25)26)12-14-5-4-6-15(11-14)13-22/h4-11,18H,12H2,1-3H3,(H,23,24)(H,25,26)/t18-/m0/s1. The number of hydrogen-bond donors (Lipinski definition) is 2. The van der Waals surface area contributed by atoms with Crippen LogP contribution in [0.4, 0.5) is 0 Å². The third-order valence-corrected chi connectivity index (χ3v) is 4.11. The molecule has 1 atom stereocenters. The van der Waals surface area contributed by atoms with Gasteiger partial charge in [-0.3, -0.25) is 4.79 Å². The molecule has 1 amide bonds. The van der Waals surface area contributed by atoms with E-state index in [1.165, 1.54) is 0 Å². The van der Waals surface area contributed by atoms with Gasteiger partial charge >= 0.3 is 5.97 Å². The highest BCUT2D eigenvalue weighted by molar-refractivity contribution is 5.96. The third kappa shape index (κ3) is 4.93. The van der Waals surface area contributed by atoms with Crippen molar-refractivity contribution >= 4 is 11.9 Å². The highest BCUT2D eigenvalue weighted by atomic mass is 16.4. The summed E-state index contributed by atoms with van der Waals surface area (Å²) in [7, 11) is 0. The lowest BCUT2D eigenvalue weighted by atomic mass is 9.86. The van der Waals surface area contributed by atoms with E-state index in [1.54, 1.807) is 36.4 Å². The van der Waals surface area contributed by atoms with Crippen molar-refractivity contribution in [3.63, 3.8) is 0 Å². The Morgan fingerprint density at radius 1 is 1.15 bits per heavy atom. The van der Waals surface area contributed by atoms with Crippen LogP contribution in [0.15, 0.2) is 48.5 Å². The summed E-state index contributed by atoms with van der Waals surface area (Å²) >= 11 is 0. The zero-order valence-electron chi connectivity index (χ0n) is 15.1. The Morgan fingerprint density at radius 2 is 1.81 bits per heavy atom. The molecule has 0 saturated carbocycles. The molecular weight excluding hydrogens is 328 g/mol. The summed E-state index contributed by atoms with van der Waals surface area (Å²) in [6.45, 7) is 6.24. The molecule has 0 saturated heterocycles. The smallest absolute Gasteiger partial charge is 0.326 e. The summed E-state index contributed by atoms with van der Waals surface area (Å²) in [5.74, 6) is -1.55. The van der Waals surface area contributed by atoms with Crippen LogP contribution in [0.5, 0.6) is 0 Å². The summed E-state index contributed by atoms with van der Waals surface area (Å²) in [5, 5.41) is 20.9. The second kappa shape index (κ2) is 7.83. The van der Waals surface area contributed by atoms with E-state index >= 15 is 0 Å². The molecule has 5 heteroatoms. The van der Waals surface area contributed by atoms with Crippen molar-refractivity contribution in [1.82, 2.24) is 5.32 Å². The van der Waals surface area contributed by atoms with Gasteiger partial charge in [0, 0.05) is 12.0 Å². The number of nitrogens with zero attached hydrogens (tertiary/aromatic N) is 1. The molecule has 2 rings (SSSR count). The first-order chi connectivity index (χ1) is 12.2. The van der Waals surface area contributed by atoms with Gasteiger partial charge in [0.1, 0.15) is 6.04 Å². The normalized spacial score (nSPS) is 12.1. The highest BCUT2D eigenvalue weighted by Crippen LogP contribution is 2.22. The molecule has 0 spiro atoms. The highest BCUT2D eigenvalue weighted by Gasteiger charge is 2.22. The lowest BCUT2D eigenvalue weighted by Gasteiger charge is -2.19. The Morgan fingerprint density at radius 3 is 2.35 bits per heavy atom. The minimum atomic E-state index is -1.12. The number of carboxylic acids is 1. The molecule has 2 aromatic carbocycles. The van der Waals surface area contributed by atoms with Crippen molar-refractivity contribution in [3.05, 3.63) is 70.8 Å². The fourth-order valence-corrected chi connectivity index (χ4v) is 2.57. The molecule has 0 unspecified atom stereocenters. The van der Waals surface area contributed by atoms with Crippen LogP contribution in [-0.4, -0.2) is 23.0 Å². The van der Waals surface area contributed by atoms with E-state index in [0.29, 0.717) is 16.7 Å². The molecule has 0 bridgehead atoms. The first-order valence-corrected chi connectivity index (χ1v) is 8.34. The van der Waals surface area contributed by atoms with Gasteiger partial charge in [-0.05, 0) is 40.8 Å². The molecule has 0 aliphatic rings. The average Bonchev–Trinajstić information content (AvgIpc) is 2.60. The van der Waals surface area contributed by atoms with E-state index in [9.17, 15) is 14.7 Å². The summed E-state index contributed by atoms with van der Waals surface area (Å²) in [6, 6.07) is 14.8. The third-order valence-electron chi connectivity index (χ3n) is 4.11. The monoisotopic (exact) mass is 350 g/mol. The Kier molecular flexibility index (Phi) is 5.78. The summed E-state index contributed by atoms with van der Waals surface area (Å²) in [5.41, 5.74) is 2.62. The van der Waals surface area contributed by atoms with Crippen LogP contribution in [0.1, 0.15) is 47.8 Å². The quantitative estimate of drug-likeness (QED) is 0.866. The number of carbonyl (C=O) groups excluding carboxylic acids is 1. The van der Waals surface area contributed by atoms with Crippen molar-refractivity contribution in [1.29, 1.82) is 5.26 Å². The minimum Gasteiger partial charge on any atom is -0.480 e. The number of rotatable bonds is 5. The minimum absolute atomic E-state index is 0.0234. The molecule has 0 radical (unpaired) electrons. The van der Waals surface area contributed by atoms with Gasteiger partial charge in [0.05, 0.1) is 11.6 Å². The Labute approximate surface area is 153 Å². The molecule has 0 fully saturated rings. The second-order valence-electron chi connectivity index (χ2n) is 7.21. The van der Waals surface area contributed by atoms with Gasteiger partial charge < -0.3 is 10.4 Å². The molecule has 2 aromatic rings. The SMILES string of the molecule is CC(C)(C)c1ccc(C(=O)N[C@@H](Cc2cccc(C#N)c2)C(=O)O)cc1. The fourth-order valence-electron chi connectivity index (χ4n) is 2.57. The Balaban J connectivity index is 2.13. The van der Waals surface area contributed by atoms with E-state index in [4.69, 9.17) is 5.26 Å². The number of carboxylic acid groups (broad SMARTS) is 1. The van der Waals surface area contributed by atoms with Crippen LogP contribution in [-0.2, 0) is 16.6 Å². The lowest BCUT2D eigenvalue weighted by molar-refractivity contribution is -0.139.